The first-order valence-electron chi connectivity index (χ1n) is 6.51. The van der Waals surface area contributed by atoms with Crippen molar-refractivity contribution in [2.24, 2.45) is 0 Å². The van der Waals surface area contributed by atoms with E-state index in [1.54, 1.807) is 6.92 Å². The van der Waals surface area contributed by atoms with E-state index in [0.717, 1.165) is 12.1 Å². The Bertz CT molecular complexity index is 610. The summed E-state index contributed by atoms with van der Waals surface area (Å²) >= 11 is 0. The van der Waals surface area contributed by atoms with Gasteiger partial charge in [0.05, 0.1) is 11.2 Å². The van der Waals surface area contributed by atoms with Crippen LogP contribution in [-0.2, 0) is 4.79 Å². The summed E-state index contributed by atoms with van der Waals surface area (Å²) in [5.74, 6) is -2.29. The standard InChI is InChI=1S/C15H16FNO4/c1-15(21)6-7-17(9-15)14(20)11-8-10(2-4-12(11)16)3-5-13(18)19/h2-5,8,21H,6-7,9H2,1H3,(H,18,19)/b5-3+. The first-order chi connectivity index (χ1) is 9.78. The molecule has 1 aliphatic rings. The van der Waals surface area contributed by atoms with Gasteiger partial charge in [-0.3, -0.25) is 4.79 Å². The van der Waals surface area contributed by atoms with Gasteiger partial charge in [-0.1, -0.05) is 6.07 Å². The molecule has 2 rings (SSSR count). The number of rotatable bonds is 3. The number of halogens is 1. The highest BCUT2D eigenvalue weighted by atomic mass is 19.1. The fourth-order valence-corrected chi connectivity index (χ4v) is 2.27. The van der Waals surface area contributed by atoms with Crippen molar-refractivity contribution in [1.82, 2.24) is 4.90 Å². The molecule has 1 fully saturated rings. The molecule has 0 spiro atoms. The maximum atomic E-state index is 13.8. The second-order valence-corrected chi connectivity index (χ2v) is 5.38. The van der Waals surface area contributed by atoms with E-state index >= 15 is 0 Å². The van der Waals surface area contributed by atoms with Gasteiger partial charge in [0.2, 0.25) is 0 Å². The van der Waals surface area contributed by atoms with E-state index in [9.17, 15) is 19.1 Å². The highest BCUT2D eigenvalue weighted by Crippen LogP contribution is 2.23. The Hall–Kier alpha value is -2.21. The Morgan fingerprint density at radius 3 is 2.71 bits per heavy atom. The lowest BCUT2D eigenvalue weighted by atomic mass is 10.1. The van der Waals surface area contributed by atoms with Gasteiger partial charge in [0.15, 0.2) is 0 Å². The molecule has 0 radical (unpaired) electrons. The van der Waals surface area contributed by atoms with Gasteiger partial charge in [-0.05, 0) is 37.1 Å². The minimum Gasteiger partial charge on any atom is -0.478 e. The van der Waals surface area contributed by atoms with Crippen LogP contribution in [0.15, 0.2) is 24.3 Å². The zero-order valence-electron chi connectivity index (χ0n) is 11.5. The molecule has 0 saturated carbocycles. The highest BCUT2D eigenvalue weighted by molar-refractivity contribution is 5.95. The molecule has 1 aromatic rings. The summed E-state index contributed by atoms with van der Waals surface area (Å²) in [7, 11) is 0. The Balaban J connectivity index is 2.24. The molecule has 0 bridgehead atoms. The van der Waals surface area contributed by atoms with E-state index in [1.165, 1.54) is 23.1 Å². The van der Waals surface area contributed by atoms with Crippen molar-refractivity contribution >= 4 is 18.0 Å². The van der Waals surface area contributed by atoms with Crippen molar-refractivity contribution in [1.29, 1.82) is 0 Å². The monoisotopic (exact) mass is 293 g/mol. The summed E-state index contributed by atoms with van der Waals surface area (Å²) in [4.78, 5) is 24.1. The third-order valence-electron chi connectivity index (χ3n) is 3.38. The molecule has 112 valence electrons. The average molecular weight is 293 g/mol. The Labute approximate surface area is 121 Å². The molecule has 1 aliphatic heterocycles. The van der Waals surface area contributed by atoms with Crippen molar-refractivity contribution in [3.63, 3.8) is 0 Å². The third kappa shape index (κ3) is 3.66. The molecule has 1 heterocycles. The number of aliphatic hydroxyl groups is 1. The van der Waals surface area contributed by atoms with Gasteiger partial charge in [0.1, 0.15) is 5.82 Å². The molecule has 6 heteroatoms. The molecule has 0 aliphatic carbocycles. The number of carbonyl (C=O) groups is 2. The number of hydrogen-bond acceptors (Lipinski definition) is 3. The number of likely N-dealkylation sites (tertiary alicyclic amines) is 1. The summed E-state index contributed by atoms with van der Waals surface area (Å²) < 4.78 is 13.8. The Kier molecular flexibility index (Phi) is 4.09. The van der Waals surface area contributed by atoms with Crippen LogP contribution in [0.3, 0.4) is 0 Å². The molecule has 1 atom stereocenters. The molecular weight excluding hydrogens is 277 g/mol. The lowest BCUT2D eigenvalue weighted by Crippen LogP contribution is -2.34. The minimum absolute atomic E-state index is 0.125. The van der Waals surface area contributed by atoms with Crippen LogP contribution in [0.25, 0.3) is 6.08 Å². The van der Waals surface area contributed by atoms with Crippen molar-refractivity contribution in [2.75, 3.05) is 13.1 Å². The number of carbonyl (C=O) groups excluding carboxylic acids is 1. The van der Waals surface area contributed by atoms with E-state index in [4.69, 9.17) is 5.11 Å². The van der Waals surface area contributed by atoms with Crippen LogP contribution in [0.1, 0.15) is 29.3 Å². The summed E-state index contributed by atoms with van der Waals surface area (Å²) in [6.07, 6.45) is 2.65. The van der Waals surface area contributed by atoms with Crippen molar-refractivity contribution in [3.8, 4) is 0 Å². The largest absolute Gasteiger partial charge is 0.478 e. The summed E-state index contributed by atoms with van der Waals surface area (Å²) in [5.41, 5.74) is -0.652. The number of aliphatic carboxylic acids is 1. The molecular formula is C15H16FNO4. The van der Waals surface area contributed by atoms with Crippen LogP contribution < -0.4 is 0 Å². The number of β-amino-alcohol motifs (C(OH)–C–C–N with tert-alkyl or cyclic N) is 1. The second-order valence-electron chi connectivity index (χ2n) is 5.38. The number of carboxylic acid groups (broad SMARTS) is 1. The maximum Gasteiger partial charge on any atom is 0.328 e. The minimum atomic E-state index is -1.12. The zero-order valence-corrected chi connectivity index (χ0v) is 11.5. The molecule has 1 unspecified atom stereocenters. The van der Waals surface area contributed by atoms with Crippen LogP contribution >= 0.6 is 0 Å². The molecule has 5 nitrogen and oxygen atoms in total. The first kappa shape index (κ1) is 15.2. The van der Waals surface area contributed by atoms with Gasteiger partial charge < -0.3 is 15.1 Å². The van der Waals surface area contributed by atoms with E-state index in [1.807, 2.05) is 0 Å². The van der Waals surface area contributed by atoms with Crippen molar-refractivity contribution < 1.29 is 24.2 Å². The normalized spacial score (nSPS) is 22.0. The first-order valence-corrected chi connectivity index (χ1v) is 6.51. The number of carboxylic acids is 1. The number of hydrogen-bond donors (Lipinski definition) is 2. The quantitative estimate of drug-likeness (QED) is 0.828. The summed E-state index contributed by atoms with van der Waals surface area (Å²) in [6, 6.07) is 3.83. The van der Waals surface area contributed by atoms with E-state index < -0.39 is 23.3 Å². The lowest BCUT2D eigenvalue weighted by Gasteiger charge is -2.19. The second kappa shape index (κ2) is 5.65. The number of nitrogens with zero attached hydrogens (tertiary/aromatic N) is 1. The van der Waals surface area contributed by atoms with Gasteiger partial charge in [0, 0.05) is 19.2 Å². The van der Waals surface area contributed by atoms with E-state index in [2.05, 4.69) is 0 Å². The predicted octanol–water partition coefficient (Wildman–Crippen LogP) is 1.52. The highest BCUT2D eigenvalue weighted by Gasteiger charge is 2.35. The SMILES string of the molecule is CC1(O)CCN(C(=O)c2cc(/C=C/C(=O)O)ccc2F)C1. The number of benzene rings is 1. The van der Waals surface area contributed by atoms with Crippen molar-refractivity contribution in [3.05, 3.63) is 41.2 Å². The fraction of sp³-hybridized carbons (Fsp3) is 0.333. The molecule has 2 N–H and O–H groups in total. The third-order valence-corrected chi connectivity index (χ3v) is 3.38. The van der Waals surface area contributed by atoms with E-state index in [0.29, 0.717) is 18.5 Å². The Morgan fingerprint density at radius 1 is 1.43 bits per heavy atom. The number of amides is 1. The molecule has 21 heavy (non-hydrogen) atoms. The Morgan fingerprint density at radius 2 is 2.14 bits per heavy atom. The predicted molar refractivity (Wildman–Crippen MR) is 74.2 cm³/mol. The van der Waals surface area contributed by atoms with Crippen LogP contribution in [0.2, 0.25) is 0 Å². The van der Waals surface area contributed by atoms with Crippen LogP contribution in [0, 0.1) is 5.82 Å². The van der Waals surface area contributed by atoms with Crippen LogP contribution in [0.4, 0.5) is 4.39 Å². The van der Waals surface area contributed by atoms with Crippen molar-refractivity contribution in [2.45, 2.75) is 18.9 Å². The van der Waals surface area contributed by atoms with E-state index in [-0.39, 0.29) is 12.1 Å². The average Bonchev–Trinajstić information content (AvgIpc) is 2.77. The van der Waals surface area contributed by atoms with Crippen LogP contribution in [-0.4, -0.2) is 45.7 Å². The van der Waals surface area contributed by atoms with Gasteiger partial charge in [-0.15, -0.1) is 0 Å². The van der Waals surface area contributed by atoms with Crippen LogP contribution in [0.5, 0.6) is 0 Å². The fourth-order valence-electron chi connectivity index (χ4n) is 2.27. The van der Waals surface area contributed by atoms with Gasteiger partial charge >= 0.3 is 5.97 Å². The molecule has 0 aromatic heterocycles. The van der Waals surface area contributed by atoms with Gasteiger partial charge in [-0.2, -0.15) is 0 Å². The van der Waals surface area contributed by atoms with Gasteiger partial charge in [-0.25, -0.2) is 9.18 Å². The molecule has 1 saturated heterocycles. The molecule has 1 aromatic carbocycles. The summed E-state index contributed by atoms with van der Waals surface area (Å²) in [6.45, 7) is 2.14. The lowest BCUT2D eigenvalue weighted by molar-refractivity contribution is -0.131. The molecule has 1 amide bonds. The maximum absolute atomic E-state index is 13.8. The zero-order chi connectivity index (χ0) is 15.6. The summed E-state index contributed by atoms with van der Waals surface area (Å²) in [5, 5.41) is 18.4. The van der Waals surface area contributed by atoms with Gasteiger partial charge in [0.25, 0.3) is 5.91 Å². The smallest absolute Gasteiger partial charge is 0.328 e. The topological polar surface area (TPSA) is 77.8 Å².